The fraction of sp³-hybridized carbons (Fsp3) is 0.421. The van der Waals surface area contributed by atoms with Crippen LogP contribution in [0, 0.1) is 0 Å². The van der Waals surface area contributed by atoms with Crippen LogP contribution in [0.1, 0.15) is 30.3 Å². The Morgan fingerprint density at radius 3 is 2.76 bits per heavy atom. The predicted octanol–water partition coefficient (Wildman–Crippen LogP) is 2.05. The van der Waals surface area contributed by atoms with Crippen molar-refractivity contribution >= 4 is 11.0 Å². The first-order valence-electron chi connectivity index (χ1n) is 8.88. The third-order valence-corrected chi connectivity index (χ3v) is 5.00. The molecule has 25 heavy (non-hydrogen) atoms. The van der Waals surface area contributed by atoms with Crippen molar-refractivity contribution in [1.29, 1.82) is 0 Å². The van der Waals surface area contributed by atoms with Crippen LogP contribution >= 0.6 is 0 Å². The Morgan fingerprint density at radius 2 is 2.00 bits per heavy atom. The van der Waals surface area contributed by atoms with Gasteiger partial charge in [-0.3, -0.25) is 9.97 Å². The van der Waals surface area contributed by atoms with Crippen molar-refractivity contribution in [2.45, 2.75) is 25.3 Å². The summed E-state index contributed by atoms with van der Waals surface area (Å²) in [5.74, 6) is 1.57. The van der Waals surface area contributed by atoms with Gasteiger partial charge in [0.25, 0.3) is 0 Å². The molecule has 3 aromatic rings. The van der Waals surface area contributed by atoms with Crippen LogP contribution in [0.15, 0.2) is 42.9 Å². The van der Waals surface area contributed by atoms with Crippen molar-refractivity contribution in [3.63, 3.8) is 0 Å². The highest BCUT2D eigenvalue weighted by Crippen LogP contribution is 2.30. The molecule has 0 spiro atoms. The molecule has 0 aromatic carbocycles. The van der Waals surface area contributed by atoms with Gasteiger partial charge in [-0.2, -0.15) is 0 Å². The van der Waals surface area contributed by atoms with Gasteiger partial charge in [0.2, 0.25) is 0 Å². The number of piperidine rings is 1. The van der Waals surface area contributed by atoms with Crippen LogP contribution in [0.4, 0.5) is 0 Å². The minimum atomic E-state index is 0.231. The molecule has 4 rings (SSSR count). The van der Waals surface area contributed by atoms with E-state index in [1.54, 1.807) is 6.20 Å². The molecule has 1 aliphatic heterocycles. The van der Waals surface area contributed by atoms with Gasteiger partial charge in [0.1, 0.15) is 5.82 Å². The Bertz CT molecular complexity index is 824. The zero-order valence-corrected chi connectivity index (χ0v) is 14.3. The average molecular weight is 337 g/mol. The number of rotatable bonds is 5. The lowest BCUT2D eigenvalue weighted by molar-refractivity contribution is 0.162. The van der Waals surface area contributed by atoms with Crippen molar-refractivity contribution in [1.82, 2.24) is 24.4 Å². The van der Waals surface area contributed by atoms with E-state index in [0.717, 1.165) is 61.6 Å². The first-order valence-corrected chi connectivity index (χ1v) is 8.88. The minimum absolute atomic E-state index is 0.231. The molecule has 0 amide bonds. The van der Waals surface area contributed by atoms with E-state index in [4.69, 9.17) is 10.1 Å². The summed E-state index contributed by atoms with van der Waals surface area (Å²) in [4.78, 5) is 16.0. The third-order valence-electron chi connectivity index (χ3n) is 5.00. The largest absolute Gasteiger partial charge is 0.395 e. The molecule has 1 fully saturated rings. The number of fused-ring (bicyclic) bond motifs is 1. The van der Waals surface area contributed by atoms with Crippen LogP contribution in [0.5, 0.6) is 0 Å². The summed E-state index contributed by atoms with van der Waals surface area (Å²) in [7, 11) is 0. The SMILES string of the molecule is OCCN1CCC(c2nc3ccncc3n2Cc2ccccn2)CC1. The lowest BCUT2D eigenvalue weighted by Gasteiger charge is -2.31. The second-order valence-corrected chi connectivity index (χ2v) is 6.58. The highest BCUT2D eigenvalue weighted by molar-refractivity contribution is 5.75. The normalized spacial score (nSPS) is 16.5. The van der Waals surface area contributed by atoms with Gasteiger partial charge in [-0.15, -0.1) is 0 Å². The van der Waals surface area contributed by atoms with Gasteiger partial charge in [0, 0.05) is 24.9 Å². The number of hydrogen-bond acceptors (Lipinski definition) is 5. The van der Waals surface area contributed by atoms with Gasteiger partial charge in [-0.25, -0.2) is 4.98 Å². The second kappa shape index (κ2) is 7.29. The number of aliphatic hydroxyl groups excluding tert-OH is 1. The monoisotopic (exact) mass is 337 g/mol. The molecule has 6 nitrogen and oxygen atoms in total. The Hall–Kier alpha value is -2.31. The predicted molar refractivity (Wildman–Crippen MR) is 96.4 cm³/mol. The number of imidazole rings is 1. The van der Waals surface area contributed by atoms with Crippen molar-refractivity contribution in [2.24, 2.45) is 0 Å². The molecule has 1 N–H and O–H groups in total. The van der Waals surface area contributed by atoms with Crippen LogP contribution in [-0.4, -0.2) is 55.8 Å². The number of nitrogens with zero attached hydrogens (tertiary/aromatic N) is 5. The second-order valence-electron chi connectivity index (χ2n) is 6.58. The van der Waals surface area contributed by atoms with E-state index in [-0.39, 0.29) is 6.61 Å². The summed E-state index contributed by atoms with van der Waals surface area (Å²) in [6, 6.07) is 7.99. The fourth-order valence-electron chi connectivity index (χ4n) is 3.68. The number of likely N-dealkylation sites (tertiary alicyclic amines) is 1. The molecule has 130 valence electrons. The molecule has 3 aromatic heterocycles. The lowest BCUT2D eigenvalue weighted by atomic mass is 9.96. The van der Waals surface area contributed by atoms with E-state index in [2.05, 4.69) is 25.5 Å². The molecule has 1 aliphatic rings. The zero-order chi connectivity index (χ0) is 17.1. The summed E-state index contributed by atoms with van der Waals surface area (Å²) < 4.78 is 2.27. The first kappa shape index (κ1) is 16.2. The van der Waals surface area contributed by atoms with E-state index < -0.39 is 0 Å². The summed E-state index contributed by atoms with van der Waals surface area (Å²) in [6.45, 7) is 3.73. The summed E-state index contributed by atoms with van der Waals surface area (Å²) in [6.07, 6.45) is 7.67. The Kier molecular flexibility index (Phi) is 4.72. The number of aromatic nitrogens is 4. The quantitative estimate of drug-likeness (QED) is 0.772. The van der Waals surface area contributed by atoms with Gasteiger partial charge in [0.15, 0.2) is 0 Å². The smallest absolute Gasteiger partial charge is 0.113 e. The van der Waals surface area contributed by atoms with E-state index in [1.165, 1.54) is 0 Å². The van der Waals surface area contributed by atoms with E-state index in [9.17, 15) is 0 Å². The van der Waals surface area contributed by atoms with Crippen molar-refractivity contribution in [3.8, 4) is 0 Å². The molecule has 0 radical (unpaired) electrons. The topological polar surface area (TPSA) is 67.1 Å². The van der Waals surface area contributed by atoms with Crippen molar-refractivity contribution in [2.75, 3.05) is 26.2 Å². The average Bonchev–Trinajstić information content (AvgIpc) is 3.02. The van der Waals surface area contributed by atoms with Gasteiger partial charge < -0.3 is 14.6 Å². The fourth-order valence-corrected chi connectivity index (χ4v) is 3.68. The number of aliphatic hydroxyl groups is 1. The molecule has 1 saturated heterocycles. The summed E-state index contributed by atoms with van der Waals surface area (Å²) >= 11 is 0. The Balaban J connectivity index is 1.65. The van der Waals surface area contributed by atoms with Crippen molar-refractivity contribution < 1.29 is 5.11 Å². The summed E-state index contributed by atoms with van der Waals surface area (Å²) in [5.41, 5.74) is 3.10. The van der Waals surface area contributed by atoms with E-state index in [1.807, 2.05) is 30.6 Å². The lowest BCUT2D eigenvalue weighted by Crippen LogP contribution is -2.35. The van der Waals surface area contributed by atoms with Crippen LogP contribution in [0.2, 0.25) is 0 Å². The Morgan fingerprint density at radius 1 is 1.12 bits per heavy atom. The highest BCUT2D eigenvalue weighted by Gasteiger charge is 2.25. The number of β-amino-alcohol motifs (C(OH)–C–C–N with tert-alkyl or cyclic N) is 1. The standard InChI is InChI=1S/C19H23N5O/c25-12-11-23-9-5-15(6-10-23)19-22-17-4-8-20-13-18(17)24(19)14-16-3-1-2-7-21-16/h1-4,7-8,13,15,25H,5-6,9-12,14H2. The maximum atomic E-state index is 9.13. The maximum absolute atomic E-state index is 9.13. The number of hydrogen-bond donors (Lipinski definition) is 1. The third kappa shape index (κ3) is 3.41. The molecule has 0 bridgehead atoms. The molecule has 0 saturated carbocycles. The molecular formula is C19H23N5O. The van der Waals surface area contributed by atoms with Gasteiger partial charge >= 0.3 is 0 Å². The molecule has 6 heteroatoms. The van der Waals surface area contributed by atoms with Gasteiger partial charge in [0.05, 0.1) is 36.1 Å². The van der Waals surface area contributed by atoms with Crippen LogP contribution in [-0.2, 0) is 6.54 Å². The van der Waals surface area contributed by atoms with Crippen molar-refractivity contribution in [3.05, 3.63) is 54.4 Å². The molecule has 0 unspecified atom stereocenters. The van der Waals surface area contributed by atoms with Gasteiger partial charge in [-0.1, -0.05) is 6.07 Å². The molecular weight excluding hydrogens is 314 g/mol. The van der Waals surface area contributed by atoms with E-state index in [0.29, 0.717) is 5.92 Å². The minimum Gasteiger partial charge on any atom is -0.395 e. The van der Waals surface area contributed by atoms with Crippen LogP contribution in [0.25, 0.3) is 11.0 Å². The molecule has 0 aliphatic carbocycles. The molecule has 4 heterocycles. The Labute approximate surface area is 147 Å². The van der Waals surface area contributed by atoms with E-state index >= 15 is 0 Å². The first-order chi connectivity index (χ1) is 12.3. The van der Waals surface area contributed by atoms with Crippen LogP contribution < -0.4 is 0 Å². The molecule has 0 atom stereocenters. The number of pyridine rings is 2. The zero-order valence-electron chi connectivity index (χ0n) is 14.3. The van der Waals surface area contributed by atoms with Gasteiger partial charge in [-0.05, 0) is 44.1 Å². The summed E-state index contributed by atoms with van der Waals surface area (Å²) in [5, 5.41) is 9.13. The van der Waals surface area contributed by atoms with Crippen LogP contribution in [0.3, 0.4) is 0 Å². The maximum Gasteiger partial charge on any atom is 0.113 e. The highest BCUT2D eigenvalue weighted by atomic mass is 16.3.